The van der Waals surface area contributed by atoms with Crippen molar-refractivity contribution in [2.45, 2.75) is 38.6 Å². The van der Waals surface area contributed by atoms with Gasteiger partial charge < -0.3 is 9.88 Å². The highest BCUT2D eigenvalue weighted by molar-refractivity contribution is 7.13. The fourth-order valence-corrected chi connectivity index (χ4v) is 4.72. The molecule has 0 aliphatic carbocycles. The van der Waals surface area contributed by atoms with Crippen LogP contribution in [0.2, 0.25) is 0 Å². The van der Waals surface area contributed by atoms with Crippen molar-refractivity contribution in [2.75, 3.05) is 5.32 Å². The second kappa shape index (κ2) is 7.79. The van der Waals surface area contributed by atoms with Crippen LogP contribution in [0.1, 0.15) is 30.8 Å². The number of thiazole rings is 1. The smallest absolute Gasteiger partial charge is 0.230 e. The standard InChI is InChI=1S/C23H22N4OS/c28-22(14-18-15-29-23(25-18)16-7-3-1-4-8-16)24-17-10-11-20-19(13-17)26-21-9-5-2-6-12-27(20)21/h1,3-4,7-8,10-11,13,15H,2,5-6,9,12,14H2,(H,24,28). The van der Waals surface area contributed by atoms with E-state index in [0.717, 1.165) is 51.8 Å². The molecule has 0 atom stereocenters. The lowest BCUT2D eigenvalue weighted by molar-refractivity contribution is -0.115. The Morgan fingerprint density at radius 1 is 1.07 bits per heavy atom. The summed E-state index contributed by atoms with van der Waals surface area (Å²) >= 11 is 1.57. The third-order valence-electron chi connectivity index (χ3n) is 5.31. The Balaban J connectivity index is 1.29. The second-order valence-electron chi connectivity index (χ2n) is 7.43. The van der Waals surface area contributed by atoms with Gasteiger partial charge in [0.05, 0.1) is 23.1 Å². The monoisotopic (exact) mass is 402 g/mol. The van der Waals surface area contributed by atoms with Crippen LogP contribution >= 0.6 is 11.3 Å². The fraction of sp³-hybridized carbons (Fsp3) is 0.261. The molecule has 1 amide bonds. The number of fused-ring (bicyclic) bond motifs is 3. The molecule has 0 spiro atoms. The Morgan fingerprint density at radius 3 is 2.86 bits per heavy atom. The van der Waals surface area contributed by atoms with Gasteiger partial charge in [-0.25, -0.2) is 9.97 Å². The Labute approximate surface area is 173 Å². The van der Waals surface area contributed by atoms with Gasteiger partial charge in [0.25, 0.3) is 0 Å². The van der Waals surface area contributed by atoms with Gasteiger partial charge in [-0.1, -0.05) is 36.8 Å². The first kappa shape index (κ1) is 18.1. The molecule has 2 aromatic heterocycles. The molecule has 4 aromatic rings. The first-order valence-electron chi connectivity index (χ1n) is 10.0. The zero-order valence-electron chi connectivity index (χ0n) is 16.1. The van der Waals surface area contributed by atoms with E-state index >= 15 is 0 Å². The normalized spacial score (nSPS) is 13.8. The lowest BCUT2D eigenvalue weighted by atomic mass is 10.2. The number of imidazole rings is 1. The van der Waals surface area contributed by atoms with E-state index in [1.165, 1.54) is 19.3 Å². The Bertz CT molecular complexity index is 1160. The van der Waals surface area contributed by atoms with E-state index in [1.54, 1.807) is 11.3 Å². The Hall–Kier alpha value is -2.99. The van der Waals surface area contributed by atoms with Crippen LogP contribution in [-0.2, 0) is 24.2 Å². The van der Waals surface area contributed by atoms with Crippen LogP contribution in [-0.4, -0.2) is 20.4 Å². The Kier molecular flexibility index (Phi) is 4.86. The number of aryl methyl sites for hydroxylation is 2. The molecule has 0 unspecified atom stereocenters. The maximum atomic E-state index is 12.5. The minimum atomic E-state index is -0.0602. The number of amides is 1. The summed E-state index contributed by atoms with van der Waals surface area (Å²) in [6.07, 6.45) is 4.97. The maximum Gasteiger partial charge on any atom is 0.230 e. The molecule has 3 heterocycles. The molecule has 6 heteroatoms. The number of hydrogen-bond donors (Lipinski definition) is 1. The summed E-state index contributed by atoms with van der Waals surface area (Å²) in [5.41, 5.74) is 4.77. The van der Waals surface area contributed by atoms with Gasteiger partial charge in [-0.3, -0.25) is 4.79 Å². The molecule has 1 aliphatic rings. The number of carbonyl (C=O) groups excluding carboxylic acids is 1. The highest BCUT2D eigenvalue weighted by Gasteiger charge is 2.15. The van der Waals surface area contributed by atoms with Crippen LogP contribution in [0.3, 0.4) is 0 Å². The van der Waals surface area contributed by atoms with Crippen molar-refractivity contribution in [1.29, 1.82) is 0 Å². The number of carbonyl (C=O) groups is 1. The number of nitrogens with zero attached hydrogens (tertiary/aromatic N) is 3. The first-order valence-corrected chi connectivity index (χ1v) is 10.9. The van der Waals surface area contributed by atoms with Crippen LogP contribution in [0.4, 0.5) is 5.69 Å². The highest BCUT2D eigenvalue weighted by atomic mass is 32.1. The van der Waals surface area contributed by atoms with E-state index in [9.17, 15) is 4.79 Å². The van der Waals surface area contributed by atoms with E-state index < -0.39 is 0 Å². The SMILES string of the molecule is O=C(Cc1csc(-c2ccccc2)n1)Nc1ccc2c(c1)nc1n2CCCCC1. The molecule has 2 aromatic carbocycles. The number of aromatic nitrogens is 3. The summed E-state index contributed by atoms with van der Waals surface area (Å²) in [6, 6.07) is 16.1. The largest absolute Gasteiger partial charge is 0.328 e. The summed E-state index contributed by atoms with van der Waals surface area (Å²) in [6.45, 7) is 1.03. The van der Waals surface area contributed by atoms with Gasteiger partial charge in [-0.15, -0.1) is 11.3 Å². The number of rotatable bonds is 4. The van der Waals surface area contributed by atoms with Gasteiger partial charge in [0.15, 0.2) is 0 Å². The molecular formula is C23H22N4OS. The quantitative estimate of drug-likeness (QED) is 0.519. The number of nitrogens with one attached hydrogen (secondary N) is 1. The van der Waals surface area contributed by atoms with Gasteiger partial charge >= 0.3 is 0 Å². The van der Waals surface area contributed by atoms with Crippen LogP contribution in [0.25, 0.3) is 21.6 Å². The van der Waals surface area contributed by atoms with E-state index in [0.29, 0.717) is 0 Å². The number of benzene rings is 2. The molecule has 29 heavy (non-hydrogen) atoms. The lowest BCUT2D eigenvalue weighted by Crippen LogP contribution is -2.14. The minimum Gasteiger partial charge on any atom is -0.328 e. The van der Waals surface area contributed by atoms with Crippen molar-refractivity contribution in [1.82, 2.24) is 14.5 Å². The van der Waals surface area contributed by atoms with Crippen molar-refractivity contribution in [3.63, 3.8) is 0 Å². The summed E-state index contributed by atoms with van der Waals surface area (Å²) in [5, 5.41) is 5.90. The zero-order valence-corrected chi connectivity index (χ0v) is 16.9. The third kappa shape index (κ3) is 3.80. The van der Waals surface area contributed by atoms with Crippen LogP contribution in [0.15, 0.2) is 53.9 Å². The predicted molar refractivity (Wildman–Crippen MR) is 117 cm³/mol. The average molecular weight is 403 g/mol. The number of hydrogen-bond acceptors (Lipinski definition) is 4. The van der Waals surface area contributed by atoms with Gasteiger partial charge in [0.1, 0.15) is 10.8 Å². The highest BCUT2D eigenvalue weighted by Crippen LogP contribution is 2.25. The van der Waals surface area contributed by atoms with Gasteiger partial charge in [0.2, 0.25) is 5.91 Å². The topological polar surface area (TPSA) is 59.8 Å². The van der Waals surface area contributed by atoms with Crippen molar-refractivity contribution in [3.05, 3.63) is 65.4 Å². The van der Waals surface area contributed by atoms with Gasteiger partial charge in [-0.05, 0) is 31.0 Å². The summed E-state index contributed by atoms with van der Waals surface area (Å²) in [5.74, 6) is 1.10. The molecule has 1 aliphatic heterocycles. The van der Waals surface area contributed by atoms with Gasteiger partial charge in [-0.2, -0.15) is 0 Å². The van der Waals surface area contributed by atoms with E-state index in [-0.39, 0.29) is 12.3 Å². The van der Waals surface area contributed by atoms with Crippen molar-refractivity contribution in [3.8, 4) is 10.6 Å². The van der Waals surface area contributed by atoms with Crippen molar-refractivity contribution in [2.24, 2.45) is 0 Å². The van der Waals surface area contributed by atoms with E-state index in [1.807, 2.05) is 47.8 Å². The number of anilines is 1. The van der Waals surface area contributed by atoms with Crippen molar-refractivity contribution >= 4 is 34.0 Å². The predicted octanol–water partition coefficient (Wildman–Crippen LogP) is 5.07. The summed E-state index contributed by atoms with van der Waals surface area (Å²) < 4.78 is 2.33. The maximum absolute atomic E-state index is 12.5. The van der Waals surface area contributed by atoms with Crippen LogP contribution in [0.5, 0.6) is 0 Å². The molecular weight excluding hydrogens is 380 g/mol. The summed E-state index contributed by atoms with van der Waals surface area (Å²) in [4.78, 5) is 21.9. The average Bonchev–Trinajstić information content (AvgIpc) is 3.25. The summed E-state index contributed by atoms with van der Waals surface area (Å²) in [7, 11) is 0. The van der Waals surface area contributed by atoms with Crippen LogP contribution in [0, 0.1) is 0 Å². The molecule has 0 fully saturated rings. The molecule has 5 nitrogen and oxygen atoms in total. The third-order valence-corrected chi connectivity index (χ3v) is 6.25. The molecule has 0 radical (unpaired) electrons. The molecule has 0 saturated heterocycles. The van der Waals surface area contributed by atoms with E-state index in [2.05, 4.69) is 20.9 Å². The molecule has 0 bridgehead atoms. The second-order valence-corrected chi connectivity index (χ2v) is 8.29. The molecule has 1 N–H and O–H groups in total. The zero-order chi connectivity index (χ0) is 19.6. The van der Waals surface area contributed by atoms with Crippen molar-refractivity contribution < 1.29 is 4.79 Å². The lowest BCUT2D eigenvalue weighted by Gasteiger charge is -2.06. The van der Waals surface area contributed by atoms with E-state index in [4.69, 9.17) is 4.98 Å². The molecule has 0 saturated carbocycles. The minimum absolute atomic E-state index is 0.0602. The molecule has 146 valence electrons. The fourth-order valence-electron chi connectivity index (χ4n) is 3.90. The first-order chi connectivity index (χ1) is 14.3. The van der Waals surface area contributed by atoms with Gasteiger partial charge in [0, 0.05) is 29.6 Å². The Morgan fingerprint density at radius 2 is 1.97 bits per heavy atom. The van der Waals surface area contributed by atoms with Crippen LogP contribution < -0.4 is 5.32 Å². The molecule has 5 rings (SSSR count).